The molecule has 10 atom stereocenters. The fraction of sp³-hybridized carbons (Fsp3) is 0.612. The number of hydrogen-bond acceptors (Lipinski definition) is 7. The Bertz CT molecular complexity index is 2080. The molecule has 8 aliphatic rings. The molecule has 8 nitrogen and oxygen atoms in total. The molecule has 2 aromatic carbocycles. The van der Waals surface area contributed by atoms with E-state index >= 15 is 9.59 Å². The van der Waals surface area contributed by atoms with Crippen LogP contribution in [-0.4, -0.2) is 76.9 Å². The predicted molar refractivity (Wildman–Crippen MR) is 218 cm³/mol. The number of aliphatic hydroxyl groups excluding tert-OH is 1. The lowest BCUT2D eigenvalue weighted by atomic mass is 9.32. The lowest BCUT2D eigenvalue weighted by Gasteiger charge is -2.71. The summed E-state index contributed by atoms with van der Waals surface area (Å²) in [6.45, 7) is 11.5. The number of ketones is 1. The number of benzene rings is 2. The van der Waals surface area contributed by atoms with Crippen molar-refractivity contribution in [3.05, 3.63) is 84.0 Å². The first-order valence-electron chi connectivity index (χ1n) is 21.5. The summed E-state index contributed by atoms with van der Waals surface area (Å²) in [5, 5.41) is 24.5. The number of carbonyl (C=O) groups is 3. The Labute approximate surface area is 338 Å². The number of ether oxygens (including phenoxy) is 2. The van der Waals surface area contributed by atoms with Crippen LogP contribution in [0.2, 0.25) is 0 Å². The van der Waals surface area contributed by atoms with Gasteiger partial charge in [-0.05, 0) is 99.5 Å². The first-order valence-corrected chi connectivity index (χ1v) is 21.5. The van der Waals surface area contributed by atoms with E-state index in [1.807, 2.05) is 63.2 Å². The van der Waals surface area contributed by atoms with Crippen LogP contribution >= 0.6 is 0 Å². The van der Waals surface area contributed by atoms with Gasteiger partial charge in [-0.3, -0.25) is 14.4 Å². The molecule has 0 aromatic heterocycles. The fourth-order valence-corrected chi connectivity index (χ4v) is 14.2. The lowest BCUT2D eigenvalue weighted by molar-refractivity contribution is -0.187. The van der Waals surface area contributed by atoms with E-state index in [1.54, 1.807) is 12.0 Å². The number of Topliss-reactive ketones (excluding diaryl/α,β-unsaturated/α-hetero) is 1. The molecule has 2 N–H and O–H groups in total. The maximum absolute atomic E-state index is 15.6. The molecule has 0 radical (unpaired) electrons. The lowest BCUT2D eigenvalue weighted by Crippen LogP contribution is -2.68. The normalized spacial score (nSPS) is 41.9. The largest absolute Gasteiger partial charge is 0.448 e. The number of aliphatic hydroxyl groups is 2. The number of amides is 1. The Morgan fingerprint density at radius 2 is 1.54 bits per heavy atom. The maximum atomic E-state index is 15.6. The standard InChI is InChI=1S/C49H61NO7/c1-42(2)45(5)23-26-49(42,57-41(45)54)40(53)50(27-12-28-56-6)31-47(55)22-19-38-44(47,4)21-18-37-43(3)20-17-33(51)29-46(43)24-25-48(37,38)36(30-46)39(52)35-16-11-10-15-34(35)32-13-8-7-9-14-32/h7-11,13-16,24-25,30,33,37-38,51,55H,12,17-23,26-29,31H2,1-6H3. The van der Waals surface area contributed by atoms with Crippen LogP contribution in [0.5, 0.6) is 0 Å². The third-order valence-corrected chi connectivity index (χ3v) is 18.2. The van der Waals surface area contributed by atoms with Crippen LogP contribution in [0.4, 0.5) is 0 Å². The summed E-state index contributed by atoms with van der Waals surface area (Å²) in [6.07, 6.45) is 13.1. The van der Waals surface area contributed by atoms with Gasteiger partial charge < -0.3 is 24.6 Å². The summed E-state index contributed by atoms with van der Waals surface area (Å²) in [5.41, 5.74) is -2.53. The molecule has 1 saturated heterocycles. The summed E-state index contributed by atoms with van der Waals surface area (Å²) in [4.78, 5) is 45.7. The average molecular weight is 776 g/mol. The Morgan fingerprint density at radius 1 is 0.860 bits per heavy atom. The highest BCUT2D eigenvalue weighted by molar-refractivity contribution is 6.14. The summed E-state index contributed by atoms with van der Waals surface area (Å²) in [5.74, 6) is -0.436. The van der Waals surface area contributed by atoms with Crippen molar-refractivity contribution in [3.8, 4) is 11.1 Å². The quantitative estimate of drug-likeness (QED) is 0.109. The van der Waals surface area contributed by atoms with Gasteiger partial charge in [0.25, 0.3) is 5.91 Å². The molecule has 1 aliphatic heterocycles. The second-order valence-electron chi connectivity index (χ2n) is 20.3. The molecule has 1 amide bonds. The number of rotatable bonds is 10. The van der Waals surface area contributed by atoms with Crippen LogP contribution in [-0.2, 0) is 19.1 Å². The molecule has 5 fully saturated rings. The molecule has 8 heteroatoms. The monoisotopic (exact) mass is 775 g/mol. The number of allylic oxidation sites excluding steroid dienone is 4. The fourth-order valence-electron chi connectivity index (χ4n) is 14.2. The zero-order valence-electron chi connectivity index (χ0n) is 34.7. The number of hydrogen-bond donors (Lipinski definition) is 2. The van der Waals surface area contributed by atoms with Crippen LogP contribution < -0.4 is 0 Å². The van der Waals surface area contributed by atoms with Crippen LogP contribution in [0, 0.1) is 44.3 Å². The number of nitrogens with zero attached hydrogens (tertiary/aromatic N) is 1. The molecule has 1 heterocycles. The second kappa shape index (κ2) is 12.7. The first kappa shape index (κ1) is 38.9. The van der Waals surface area contributed by atoms with E-state index in [0.29, 0.717) is 57.2 Å². The van der Waals surface area contributed by atoms with E-state index in [1.165, 1.54) is 0 Å². The molecule has 7 aliphatic carbocycles. The highest BCUT2D eigenvalue weighted by Gasteiger charge is 2.78. The molecule has 2 spiro atoms. The van der Waals surface area contributed by atoms with E-state index in [2.05, 4.69) is 44.2 Å². The predicted octanol–water partition coefficient (Wildman–Crippen LogP) is 8.11. The highest BCUT2D eigenvalue weighted by Crippen LogP contribution is 2.78. The first-order chi connectivity index (χ1) is 27.0. The van der Waals surface area contributed by atoms with Gasteiger partial charge in [0.2, 0.25) is 0 Å². The van der Waals surface area contributed by atoms with Crippen LogP contribution in [0.1, 0.15) is 109 Å². The topological polar surface area (TPSA) is 113 Å². The summed E-state index contributed by atoms with van der Waals surface area (Å²) < 4.78 is 11.6. The van der Waals surface area contributed by atoms with E-state index in [9.17, 15) is 15.0 Å². The highest BCUT2D eigenvalue weighted by atomic mass is 16.6. The van der Waals surface area contributed by atoms with Crippen molar-refractivity contribution in [2.45, 2.75) is 116 Å². The van der Waals surface area contributed by atoms with Gasteiger partial charge in [0, 0.05) is 53.1 Å². The molecule has 2 aromatic rings. The zero-order chi connectivity index (χ0) is 40.4. The van der Waals surface area contributed by atoms with E-state index in [0.717, 1.165) is 42.4 Å². The van der Waals surface area contributed by atoms with Gasteiger partial charge in [-0.2, -0.15) is 0 Å². The Balaban J connectivity index is 1.13. The minimum atomic E-state index is -1.29. The molecular weight excluding hydrogens is 715 g/mol. The Morgan fingerprint density at radius 3 is 2.25 bits per heavy atom. The number of esters is 1. The van der Waals surface area contributed by atoms with E-state index in [-0.39, 0.29) is 41.5 Å². The third kappa shape index (κ3) is 4.81. The van der Waals surface area contributed by atoms with E-state index < -0.39 is 44.4 Å². The van der Waals surface area contributed by atoms with Crippen molar-refractivity contribution < 1.29 is 34.1 Å². The molecule has 4 saturated carbocycles. The number of methoxy groups -OCH3 is 1. The third-order valence-electron chi connectivity index (χ3n) is 18.2. The minimum Gasteiger partial charge on any atom is -0.448 e. The molecule has 57 heavy (non-hydrogen) atoms. The molecule has 10 unspecified atom stereocenters. The molecule has 4 bridgehead atoms. The van der Waals surface area contributed by atoms with Gasteiger partial charge in [0.15, 0.2) is 11.4 Å². The van der Waals surface area contributed by atoms with Gasteiger partial charge in [-0.15, -0.1) is 0 Å². The van der Waals surface area contributed by atoms with Crippen molar-refractivity contribution in [3.63, 3.8) is 0 Å². The van der Waals surface area contributed by atoms with Crippen LogP contribution in [0.3, 0.4) is 0 Å². The summed E-state index contributed by atoms with van der Waals surface area (Å²) in [7, 11) is 1.65. The minimum absolute atomic E-state index is 0.0232. The van der Waals surface area contributed by atoms with Gasteiger partial charge in [-0.25, -0.2) is 0 Å². The smallest absolute Gasteiger partial charge is 0.313 e. The van der Waals surface area contributed by atoms with Crippen LogP contribution in [0.25, 0.3) is 11.1 Å². The number of fused-ring (bicyclic) bond motifs is 3. The maximum Gasteiger partial charge on any atom is 0.313 e. The summed E-state index contributed by atoms with van der Waals surface area (Å²) >= 11 is 0. The van der Waals surface area contributed by atoms with Crippen molar-refractivity contribution >= 4 is 17.7 Å². The second-order valence-corrected chi connectivity index (χ2v) is 20.3. The zero-order valence-corrected chi connectivity index (χ0v) is 34.7. The Hall–Kier alpha value is -3.59. The number of carbonyl (C=O) groups excluding carboxylic acids is 3. The van der Waals surface area contributed by atoms with Crippen molar-refractivity contribution in [1.82, 2.24) is 4.90 Å². The average Bonchev–Trinajstić information content (AvgIpc) is 3.65. The van der Waals surface area contributed by atoms with Gasteiger partial charge in [0.05, 0.1) is 23.7 Å². The molecule has 10 rings (SSSR count). The van der Waals surface area contributed by atoms with Crippen molar-refractivity contribution in [2.75, 3.05) is 26.8 Å². The van der Waals surface area contributed by atoms with E-state index in [4.69, 9.17) is 9.47 Å². The SMILES string of the molecule is COCCCN(CC1(O)CCC2C34C=CC5(C=C3C(=O)c3ccccc3-c3ccccc3)CC(O)CCC5(C)C4CCC21C)C(=O)C12CCC(C)(C(=O)O1)C2(C)C. The molecule has 304 valence electrons. The van der Waals surface area contributed by atoms with Gasteiger partial charge in [0.1, 0.15) is 0 Å². The van der Waals surface area contributed by atoms with Crippen molar-refractivity contribution in [1.29, 1.82) is 0 Å². The van der Waals surface area contributed by atoms with Crippen molar-refractivity contribution in [2.24, 2.45) is 44.3 Å². The van der Waals surface area contributed by atoms with Crippen LogP contribution in [0.15, 0.2) is 78.4 Å². The molecular formula is C49H61NO7. The van der Waals surface area contributed by atoms with Gasteiger partial charge in [-0.1, -0.05) is 101 Å². The summed E-state index contributed by atoms with van der Waals surface area (Å²) in [6, 6.07) is 18.0. The van der Waals surface area contributed by atoms with Gasteiger partial charge >= 0.3 is 5.97 Å². The Kier molecular flexibility index (Phi) is 8.67.